The molecule has 1 amide bonds. The molecule has 0 spiro atoms. The summed E-state index contributed by atoms with van der Waals surface area (Å²) in [7, 11) is 0. The predicted molar refractivity (Wildman–Crippen MR) is 132 cm³/mol. The smallest absolute Gasteiger partial charge is 0.348 e. The van der Waals surface area contributed by atoms with Gasteiger partial charge in [-0.25, -0.2) is 9.78 Å². The van der Waals surface area contributed by atoms with Crippen LogP contribution in [0.4, 0.5) is 5.69 Å². The lowest BCUT2D eigenvalue weighted by Gasteiger charge is -2.08. The van der Waals surface area contributed by atoms with Crippen LogP contribution in [-0.4, -0.2) is 28.0 Å². The van der Waals surface area contributed by atoms with Crippen molar-refractivity contribution in [3.8, 4) is 0 Å². The average molecular weight is 526 g/mol. The first-order chi connectivity index (χ1) is 15.9. The number of carbonyl (C=O) groups excluding carboxylic acids is 2. The van der Waals surface area contributed by atoms with Gasteiger partial charge in [0.15, 0.2) is 0 Å². The second kappa shape index (κ2) is 10.1. The Balaban J connectivity index is 1.49. The van der Waals surface area contributed by atoms with E-state index in [-0.39, 0.29) is 24.6 Å². The summed E-state index contributed by atoms with van der Waals surface area (Å²) in [6.45, 7) is 1.74. The highest BCUT2D eigenvalue weighted by molar-refractivity contribution is 9.10. The first-order valence-electron chi connectivity index (χ1n) is 10.2. The van der Waals surface area contributed by atoms with E-state index in [2.05, 4.69) is 26.2 Å². The number of aryl methyl sites for hydroxylation is 1. The molecule has 7 nitrogen and oxygen atoms in total. The number of nitrogens with one attached hydrogen (secondary N) is 1. The van der Waals surface area contributed by atoms with Gasteiger partial charge in [-0.05, 0) is 46.1 Å². The van der Waals surface area contributed by atoms with Crippen molar-refractivity contribution in [2.45, 2.75) is 19.9 Å². The zero-order valence-electron chi connectivity index (χ0n) is 17.7. The number of ether oxygens (including phenoxy) is 1. The third-order valence-corrected chi connectivity index (χ3v) is 6.90. The number of anilines is 1. The van der Waals surface area contributed by atoms with Crippen LogP contribution >= 0.6 is 27.3 Å². The molecule has 4 aromatic rings. The number of rotatable bonds is 7. The van der Waals surface area contributed by atoms with Gasteiger partial charge in [0.25, 0.3) is 5.56 Å². The number of halogens is 1. The van der Waals surface area contributed by atoms with E-state index in [1.165, 1.54) is 10.9 Å². The molecule has 9 heteroatoms. The van der Waals surface area contributed by atoms with Gasteiger partial charge in [0.2, 0.25) is 5.91 Å². The molecule has 2 aromatic carbocycles. The number of amides is 1. The summed E-state index contributed by atoms with van der Waals surface area (Å²) < 4.78 is 7.40. The maximum absolute atomic E-state index is 13.0. The van der Waals surface area contributed by atoms with Crippen molar-refractivity contribution in [2.75, 3.05) is 11.9 Å². The van der Waals surface area contributed by atoms with Crippen LogP contribution in [0.5, 0.6) is 0 Å². The van der Waals surface area contributed by atoms with Crippen LogP contribution in [0.15, 0.2) is 70.2 Å². The number of esters is 1. The van der Waals surface area contributed by atoms with E-state index >= 15 is 0 Å². The molecule has 4 rings (SSSR count). The van der Waals surface area contributed by atoms with Crippen molar-refractivity contribution < 1.29 is 14.3 Å². The number of benzene rings is 2. The molecule has 33 heavy (non-hydrogen) atoms. The standard InChI is InChI=1S/C24H20BrN3O4S/c1-15-20-22(33-21(15)24(31)32-12-11-16-7-3-2-4-8-16)26-14-28(23(20)30)13-19(29)27-18-10-6-5-9-17(18)25/h2-10,14H,11-13H2,1H3,(H,27,29). The number of aromatic nitrogens is 2. The van der Waals surface area contributed by atoms with E-state index in [4.69, 9.17) is 4.74 Å². The number of nitrogens with zero attached hydrogens (tertiary/aromatic N) is 2. The molecular weight excluding hydrogens is 506 g/mol. The van der Waals surface area contributed by atoms with Crippen molar-refractivity contribution in [3.05, 3.63) is 91.8 Å². The van der Waals surface area contributed by atoms with Gasteiger partial charge in [-0.2, -0.15) is 0 Å². The molecule has 0 bridgehead atoms. The van der Waals surface area contributed by atoms with Gasteiger partial charge in [-0.1, -0.05) is 42.5 Å². The van der Waals surface area contributed by atoms with E-state index in [0.29, 0.717) is 32.8 Å². The lowest BCUT2D eigenvalue weighted by Crippen LogP contribution is -2.28. The number of hydrogen-bond donors (Lipinski definition) is 1. The summed E-state index contributed by atoms with van der Waals surface area (Å²) in [5.41, 5.74) is 1.82. The molecule has 2 heterocycles. The van der Waals surface area contributed by atoms with E-state index in [9.17, 15) is 14.4 Å². The topological polar surface area (TPSA) is 90.3 Å². The van der Waals surface area contributed by atoms with Crippen LogP contribution in [0.3, 0.4) is 0 Å². The Morgan fingerprint density at radius 2 is 1.85 bits per heavy atom. The van der Waals surface area contributed by atoms with Gasteiger partial charge in [0.05, 0.1) is 24.0 Å². The quantitative estimate of drug-likeness (QED) is 0.357. The van der Waals surface area contributed by atoms with Crippen LogP contribution in [0.25, 0.3) is 10.2 Å². The number of hydrogen-bond acceptors (Lipinski definition) is 6. The zero-order valence-corrected chi connectivity index (χ0v) is 20.1. The van der Waals surface area contributed by atoms with Crippen LogP contribution < -0.4 is 10.9 Å². The molecule has 2 aromatic heterocycles. The Morgan fingerprint density at radius 3 is 2.61 bits per heavy atom. The lowest BCUT2D eigenvalue weighted by molar-refractivity contribution is -0.116. The van der Waals surface area contributed by atoms with E-state index in [0.717, 1.165) is 21.4 Å². The molecule has 0 saturated heterocycles. The second-order valence-electron chi connectivity index (χ2n) is 7.31. The maximum Gasteiger partial charge on any atom is 0.348 e. The summed E-state index contributed by atoms with van der Waals surface area (Å²) in [6.07, 6.45) is 1.93. The SMILES string of the molecule is Cc1c(C(=O)OCCc2ccccc2)sc2ncn(CC(=O)Nc3ccccc3Br)c(=O)c12. The molecule has 0 radical (unpaired) electrons. The molecule has 0 fully saturated rings. The molecule has 0 aliphatic rings. The highest BCUT2D eigenvalue weighted by Gasteiger charge is 2.21. The van der Waals surface area contributed by atoms with Gasteiger partial charge in [-0.3, -0.25) is 14.2 Å². The maximum atomic E-state index is 13.0. The minimum atomic E-state index is -0.482. The van der Waals surface area contributed by atoms with Crippen molar-refractivity contribution in [2.24, 2.45) is 0 Å². The van der Waals surface area contributed by atoms with Crippen molar-refractivity contribution in [1.82, 2.24) is 9.55 Å². The molecule has 0 aliphatic heterocycles. The summed E-state index contributed by atoms with van der Waals surface area (Å²) in [4.78, 5) is 43.2. The number of fused-ring (bicyclic) bond motifs is 1. The van der Waals surface area contributed by atoms with Gasteiger partial charge >= 0.3 is 5.97 Å². The normalized spacial score (nSPS) is 10.8. The summed E-state index contributed by atoms with van der Waals surface area (Å²) in [5, 5.41) is 3.09. The van der Waals surface area contributed by atoms with Gasteiger partial charge in [-0.15, -0.1) is 11.3 Å². The summed E-state index contributed by atoms with van der Waals surface area (Å²) >= 11 is 4.49. The number of thiophene rings is 1. The van der Waals surface area contributed by atoms with Gasteiger partial charge < -0.3 is 10.1 Å². The third kappa shape index (κ3) is 5.20. The Morgan fingerprint density at radius 1 is 1.12 bits per heavy atom. The summed E-state index contributed by atoms with van der Waals surface area (Å²) in [6, 6.07) is 16.9. The predicted octanol–water partition coefficient (Wildman–Crippen LogP) is 4.57. The first-order valence-corrected chi connectivity index (χ1v) is 11.8. The largest absolute Gasteiger partial charge is 0.461 e. The zero-order chi connectivity index (χ0) is 23.4. The van der Waals surface area contributed by atoms with Crippen LogP contribution in [-0.2, 0) is 22.5 Å². The average Bonchev–Trinajstić information content (AvgIpc) is 3.15. The Hall–Kier alpha value is -3.30. The van der Waals surface area contributed by atoms with Gasteiger partial charge in [0, 0.05) is 10.9 Å². The minimum Gasteiger partial charge on any atom is -0.461 e. The fourth-order valence-electron chi connectivity index (χ4n) is 3.35. The molecule has 1 N–H and O–H groups in total. The van der Waals surface area contributed by atoms with Crippen molar-refractivity contribution in [1.29, 1.82) is 0 Å². The Bertz CT molecular complexity index is 1380. The lowest BCUT2D eigenvalue weighted by atomic mass is 10.2. The Kier molecular flexibility index (Phi) is 7.00. The van der Waals surface area contributed by atoms with Crippen molar-refractivity contribution >= 4 is 55.0 Å². The van der Waals surface area contributed by atoms with E-state index in [1.807, 2.05) is 42.5 Å². The third-order valence-electron chi connectivity index (χ3n) is 5.03. The molecule has 0 saturated carbocycles. The van der Waals surface area contributed by atoms with E-state index < -0.39 is 5.97 Å². The second-order valence-corrected chi connectivity index (χ2v) is 9.17. The monoisotopic (exact) mass is 525 g/mol. The van der Waals surface area contributed by atoms with Crippen LogP contribution in [0, 0.1) is 6.92 Å². The number of para-hydroxylation sites is 1. The van der Waals surface area contributed by atoms with E-state index in [1.54, 1.807) is 19.1 Å². The molecule has 0 unspecified atom stereocenters. The minimum absolute atomic E-state index is 0.199. The highest BCUT2D eigenvalue weighted by Crippen LogP contribution is 2.27. The molecule has 168 valence electrons. The highest BCUT2D eigenvalue weighted by atomic mass is 79.9. The summed E-state index contributed by atoms with van der Waals surface area (Å²) in [5.74, 6) is -0.845. The molecule has 0 atom stereocenters. The van der Waals surface area contributed by atoms with Crippen molar-refractivity contribution in [3.63, 3.8) is 0 Å². The fraction of sp³-hybridized carbons (Fsp3) is 0.167. The van der Waals surface area contributed by atoms with Crippen LogP contribution in [0.1, 0.15) is 20.8 Å². The first kappa shape index (κ1) is 22.9. The molecular formula is C24H20BrN3O4S. The number of carbonyl (C=O) groups is 2. The Labute approximate surface area is 202 Å². The fourth-order valence-corrected chi connectivity index (χ4v) is 4.76. The van der Waals surface area contributed by atoms with Crippen LogP contribution in [0.2, 0.25) is 0 Å². The molecule has 0 aliphatic carbocycles. The van der Waals surface area contributed by atoms with Gasteiger partial charge in [0.1, 0.15) is 16.3 Å².